The van der Waals surface area contributed by atoms with Gasteiger partial charge in [-0.25, -0.2) is 4.99 Å². The van der Waals surface area contributed by atoms with Crippen LogP contribution >= 0.6 is 11.6 Å². The molecule has 0 fully saturated rings. The second-order valence-electron chi connectivity index (χ2n) is 1.88. The minimum atomic E-state index is -0.181. The molecule has 0 aliphatic carbocycles. The Labute approximate surface area is 62.0 Å². The number of fused-ring (bicyclic) bond motifs is 1. The van der Waals surface area contributed by atoms with Crippen LogP contribution in [0.4, 0.5) is 0 Å². The van der Waals surface area contributed by atoms with Gasteiger partial charge < -0.3 is 0 Å². The number of aliphatic imine (C=N–C) groups is 2. The third kappa shape index (κ3) is 0.690. The minimum Gasteiger partial charge on any atom is -0.256 e. The van der Waals surface area contributed by atoms with Gasteiger partial charge in [0.05, 0.1) is 11.2 Å². The third-order valence-corrected chi connectivity index (χ3v) is 1.56. The molecule has 1 atom stereocenters. The fourth-order valence-corrected chi connectivity index (χ4v) is 0.983. The smallest absolute Gasteiger partial charge is 0.182 e. The Balaban J connectivity index is 2.43. The molecule has 2 aliphatic rings. The SMILES string of the molecule is ClC1=CN=NC2=NC=NC12. The van der Waals surface area contributed by atoms with Crippen LogP contribution in [0.25, 0.3) is 0 Å². The molecule has 50 valence electrons. The van der Waals surface area contributed by atoms with Crippen molar-refractivity contribution in [2.45, 2.75) is 6.04 Å². The fourth-order valence-electron chi connectivity index (χ4n) is 0.785. The van der Waals surface area contributed by atoms with E-state index in [1.165, 1.54) is 12.5 Å². The first-order valence-corrected chi connectivity index (χ1v) is 3.11. The highest BCUT2D eigenvalue weighted by atomic mass is 35.5. The quantitative estimate of drug-likeness (QED) is 0.506. The highest BCUT2D eigenvalue weighted by Crippen LogP contribution is 2.20. The summed E-state index contributed by atoms with van der Waals surface area (Å²) in [4.78, 5) is 7.80. The minimum absolute atomic E-state index is 0.181. The molecule has 2 rings (SSSR count). The Kier molecular flexibility index (Phi) is 1.14. The van der Waals surface area contributed by atoms with E-state index in [2.05, 4.69) is 20.2 Å². The number of azo groups is 1. The average molecular weight is 155 g/mol. The first-order chi connectivity index (χ1) is 4.88. The standard InChI is InChI=1S/C5H3ClN4/c6-3-1-9-10-5-4(3)7-2-8-5/h1-2,4H. The van der Waals surface area contributed by atoms with Crippen molar-refractivity contribution in [3.63, 3.8) is 0 Å². The van der Waals surface area contributed by atoms with Gasteiger partial charge in [-0.2, -0.15) is 5.11 Å². The maximum Gasteiger partial charge on any atom is 0.182 e. The van der Waals surface area contributed by atoms with E-state index in [-0.39, 0.29) is 6.04 Å². The van der Waals surface area contributed by atoms with Gasteiger partial charge >= 0.3 is 0 Å². The van der Waals surface area contributed by atoms with E-state index in [4.69, 9.17) is 11.6 Å². The molecule has 0 aromatic carbocycles. The molecule has 4 nitrogen and oxygen atoms in total. The third-order valence-electron chi connectivity index (χ3n) is 1.25. The molecular weight excluding hydrogens is 152 g/mol. The summed E-state index contributed by atoms with van der Waals surface area (Å²) in [5.74, 6) is 0.576. The molecule has 2 heterocycles. The van der Waals surface area contributed by atoms with E-state index in [1.54, 1.807) is 0 Å². The van der Waals surface area contributed by atoms with Crippen molar-refractivity contribution in [2.24, 2.45) is 20.2 Å². The van der Waals surface area contributed by atoms with Crippen LogP contribution in [0.3, 0.4) is 0 Å². The maximum absolute atomic E-state index is 5.73. The van der Waals surface area contributed by atoms with E-state index in [0.29, 0.717) is 10.9 Å². The van der Waals surface area contributed by atoms with Crippen LogP contribution in [0.2, 0.25) is 0 Å². The zero-order chi connectivity index (χ0) is 6.97. The summed E-state index contributed by atoms with van der Waals surface area (Å²) in [5.41, 5.74) is 0. The molecule has 0 N–H and O–H groups in total. The summed E-state index contributed by atoms with van der Waals surface area (Å²) in [6.07, 6.45) is 2.93. The number of rotatable bonds is 0. The summed E-state index contributed by atoms with van der Waals surface area (Å²) in [6.45, 7) is 0. The normalized spacial score (nSPS) is 27.9. The lowest BCUT2D eigenvalue weighted by molar-refractivity contribution is 1.01. The van der Waals surface area contributed by atoms with Gasteiger partial charge in [-0.15, -0.1) is 5.11 Å². The van der Waals surface area contributed by atoms with Crippen LogP contribution in [0, 0.1) is 0 Å². The van der Waals surface area contributed by atoms with Gasteiger partial charge in [-0.1, -0.05) is 11.6 Å². The van der Waals surface area contributed by atoms with E-state index < -0.39 is 0 Å². The van der Waals surface area contributed by atoms with E-state index >= 15 is 0 Å². The maximum atomic E-state index is 5.73. The lowest BCUT2D eigenvalue weighted by Gasteiger charge is -2.06. The van der Waals surface area contributed by atoms with Crippen LogP contribution in [-0.2, 0) is 0 Å². The summed E-state index contributed by atoms with van der Waals surface area (Å²) in [6, 6.07) is -0.181. The molecule has 0 amide bonds. The van der Waals surface area contributed by atoms with Crippen molar-refractivity contribution < 1.29 is 0 Å². The van der Waals surface area contributed by atoms with Gasteiger partial charge in [-0.05, 0) is 0 Å². The number of nitrogens with zero attached hydrogens (tertiary/aromatic N) is 4. The molecule has 0 aromatic rings. The van der Waals surface area contributed by atoms with Gasteiger partial charge in [-0.3, -0.25) is 4.99 Å². The van der Waals surface area contributed by atoms with Crippen LogP contribution < -0.4 is 0 Å². The average Bonchev–Trinajstić information content (AvgIpc) is 2.36. The number of hydrogen-bond donors (Lipinski definition) is 0. The highest BCUT2D eigenvalue weighted by molar-refractivity contribution is 6.33. The Morgan fingerprint density at radius 2 is 2.40 bits per heavy atom. The van der Waals surface area contributed by atoms with Crippen LogP contribution in [-0.4, -0.2) is 18.2 Å². The molecule has 2 aliphatic heterocycles. The topological polar surface area (TPSA) is 49.4 Å². The molecule has 0 spiro atoms. The zero-order valence-electron chi connectivity index (χ0n) is 4.90. The predicted molar refractivity (Wildman–Crippen MR) is 38.5 cm³/mol. The molecule has 0 saturated heterocycles. The van der Waals surface area contributed by atoms with Crippen molar-refractivity contribution in [2.75, 3.05) is 0 Å². The van der Waals surface area contributed by atoms with E-state index in [0.717, 1.165) is 0 Å². The van der Waals surface area contributed by atoms with Crippen LogP contribution in [0.1, 0.15) is 0 Å². The summed E-state index contributed by atoms with van der Waals surface area (Å²) < 4.78 is 0. The molecule has 0 bridgehead atoms. The Bertz CT molecular complexity index is 275. The van der Waals surface area contributed by atoms with Crippen molar-refractivity contribution in [3.8, 4) is 0 Å². The molecule has 10 heavy (non-hydrogen) atoms. The molecule has 0 radical (unpaired) electrons. The van der Waals surface area contributed by atoms with E-state index in [1.807, 2.05) is 0 Å². The number of hydrogen-bond acceptors (Lipinski definition) is 4. The van der Waals surface area contributed by atoms with Gasteiger partial charge in [0, 0.05) is 0 Å². The number of amidine groups is 1. The number of halogens is 1. The van der Waals surface area contributed by atoms with Gasteiger partial charge in [0.25, 0.3) is 0 Å². The molecule has 5 heteroatoms. The lowest BCUT2D eigenvalue weighted by Crippen LogP contribution is -2.15. The molecule has 1 unspecified atom stereocenters. The van der Waals surface area contributed by atoms with Crippen molar-refractivity contribution in [1.29, 1.82) is 0 Å². The molecule has 0 aromatic heterocycles. The summed E-state index contributed by atoms with van der Waals surface area (Å²) >= 11 is 5.73. The monoisotopic (exact) mass is 154 g/mol. The first kappa shape index (κ1) is 5.73. The van der Waals surface area contributed by atoms with Crippen molar-refractivity contribution >= 4 is 23.8 Å². The van der Waals surface area contributed by atoms with Gasteiger partial charge in [0.15, 0.2) is 11.9 Å². The second-order valence-corrected chi connectivity index (χ2v) is 2.32. The second kappa shape index (κ2) is 1.98. The Morgan fingerprint density at radius 3 is 3.20 bits per heavy atom. The molecular formula is C5H3ClN4. The summed E-state index contributed by atoms with van der Waals surface area (Å²) in [7, 11) is 0. The van der Waals surface area contributed by atoms with Crippen molar-refractivity contribution in [3.05, 3.63) is 11.2 Å². The Morgan fingerprint density at radius 1 is 1.50 bits per heavy atom. The summed E-state index contributed by atoms with van der Waals surface area (Å²) in [5, 5.41) is 7.92. The predicted octanol–water partition coefficient (Wildman–Crippen LogP) is 1.34. The molecule has 0 saturated carbocycles. The zero-order valence-corrected chi connectivity index (χ0v) is 5.65. The first-order valence-electron chi connectivity index (χ1n) is 2.74. The highest BCUT2D eigenvalue weighted by Gasteiger charge is 2.23. The van der Waals surface area contributed by atoms with Gasteiger partial charge in [0.1, 0.15) is 6.34 Å². The fraction of sp³-hybridized carbons (Fsp3) is 0.200. The Hall–Kier alpha value is -1.03. The van der Waals surface area contributed by atoms with Gasteiger partial charge in [0.2, 0.25) is 0 Å². The lowest BCUT2D eigenvalue weighted by atomic mass is 10.3. The van der Waals surface area contributed by atoms with Crippen molar-refractivity contribution in [1.82, 2.24) is 0 Å². The van der Waals surface area contributed by atoms with Crippen LogP contribution in [0.15, 0.2) is 31.4 Å². The van der Waals surface area contributed by atoms with E-state index in [9.17, 15) is 0 Å². The van der Waals surface area contributed by atoms with Crippen LogP contribution in [0.5, 0.6) is 0 Å². The largest absolute Gasteiger partial charge is 0.256 e.